The zero-order valence-electron chi connectivity index (χ0n) is 13.8. The summed E-state index contributed by atoms with van der Waals surface area (Å²) >= 11 is 0. The summed E-state index contributed by atoms with van der Waals surface area (Å²) in [6.07, 6.45) is 12.1. The Balaban J connectivity index is 1.54. The summed E-state index contributed by atoms with van der Waals surface area (Å²) in [5.74, 6) is 0. The highest BCUT2D eigenvalue weighted by atomic mass is 16.1. The van der Waals surface area contributed by atoms with Crippen LogP contribution in [0.4, 0.5) is 0 Å². The molecule has 126 valence electrons. The third-order valence-corrected chi connectivity index (χ3v) is 5.96. The number of aromatic amines is 1. The number of nitrogens with zero attached hydrogens (tertiary/aromatic N) is 3. The Bertz CT molecular complexity index is 837. The summed E-state index contributed by atoms with van der Waals surface area (Å²) < 4.78 is 1.32. The topological polar surface area (TPSA) is 86.0 Å². The van der Waals surface area contributed by atoms with Crippen molar-refractivity contribution in [1.82, 2.24) is 19.9 Å². The average Bonchev–Trinajstić information content (AvgIpc) is 3.18. The maximum absolute atomic E-state index is 12.2. The minimum Gasteiger partial charge on any atom is -0.308 e. The zero-order valence-corrected chi connectivity index (χ0v) is 13.8. The van der Waals surface area contributed by atoms with Gasteiger partial charge in [-0.3, -0.25) is 9.89 Å². The lowest BCUT2D eigenvalue weighted by Crippen LogP contribution is -2.42. The molecule has 2 fully saturated rings. The summed E-state index contributed by atoms with van der Waals surface area (Å²) in [5.41, 5.74) is 1.83. The van der Waals surface area contributed by atoms with E-state index in [1.807, 2.05) is 0 Å². The predicted molar refractivity (Wildman–Crippen MR) is 90.5 cm³/mol. The van der Waals surface area contributed by atoms with Crippen molar-refractivity contribution >= 4 is 5.65 Å². The van der Waals surface area contributed by atoms with Gasteiger partial charge in [0, 0.05) is 24.8 Å². The molecule has 2 heterocycles. The van der Waals surface area contributed by atoms with E-state index in [0.29, 0.717) is 34.9 Å². The summed E-state index contributed by atoms with van der Waals surface area (Å²) in [6, 6.07) is 4.16. The molecular formula is C18H23N5O. The molecule has 2 saturated carbocycles. The van der Waals surface area contributed by atoms with E-state index in [2.05, 4.69) is 21.5 Å². The largest absolute Gasteiger partial charge is 0.308 e. The minimum atomic E-state index is -0.169. The zero-order chi connectivity index (χ0) is 16.6. The van der Waals surface area contributed by atoms with Crippen molar-refractivity contribution in [2.75, 3.05) is 0 Å². The molecule has 2 aliphatic carbocycles. The lowest BCUT2D eigenvalue weighted by molar-refractivity contribution is 0.148. The molecule has 0 radical (unpaired) electrons. The van der Waals surface area contributed by atoms with Crippen LogP contribution in [0.5, 0.6) is 0 Å². The van der Waals surface area contributed by atoms with Crippen molar-refractivity contribution in [3.8, 4) is 6.07 Å². The first kappa shape index (κ1) is 15.4. The van der Waals surface area contributed by atoms with Crippen molar-refractivity contribution in [2.45, 2.75) is 64.0 Å². The van der Waals surface area contributed by atoms with Crippen LogP contribution < -0.4 is 10.9 Å². The Hall–Kier alpha value is -2.13. The number of aromatic nitrogens is 3. The Morgan fingerprint density at radius 1 is 1.33 bits per heavy atom. The molecule has 0 amide bonds. The van der Waals surface area contributed by atoms with Crippen LogP contribution in [0.25, 0.3) is 5.65 Å². The van der Waals surface area contributed by atoms with Crippen molar-refractivity contribution in [3.05, 3.63) is 33.9 Å². The van der Waals surface area contributed by atoms with Gasteiger partial charge in [0.1, 0.15) is 11.6 Å². The lowest BCUT2D eigenvalue weighted by atomic mass is 9.70. The highest BCUT2D eigenvalue weighted by Gasteiger charge is 2.42. The Morgan fingerprint density at radius 2 is 2.12 bits per heavy atom. The fourth-order valence-electron chi connectivity index (χ4n) is 4.74. The Kier molecular flexibility index (Phi) is 3.89. The van der Waals surface area contributed by atoms with Crippen LogP contribution in [0.2, 0.25) is 0 Å². The Labute approximate surface area is 140 Å². The van der Waals surface area contributed by atoms with Crippen molar-refractivity contribution in [3.63, 3.8) is 0 Å². The van der Waals surface area contributed by atoms with Gasteiger partial charge in [0.15, 0.2) is 5.65 Å². The first-order valence-electron chi connectivity index (χ1n) is 8.95. The van der Waals surface area contributed by atoms with E-state index in [0.717, 1.165) is 0 Å². The second-order valence-electron chi connectivity index (χ2n) is 7.29. The molecule has 0 aliphatic heterocycles. The van der Waals surface area contributed by atoms with E-state index in [9.17, 15) is 4.79 Å². The molecule has 4 rings (SSSR count). The van der Waals surface area contributed by atoms with Crippen LogP contribution >= 0.6 is 0 Å². The molecule has 2 N–H and O–H groups in total. The highest BCUT2D eigenvalue weighted by Crippen LogP contribution is 2.49. The summed E-state index contributed by atoms with van der Waals surface area (Å²) in [6.45, 7) is 0.591. The van der Waals surface area contributed by atoms with E-state index in [4.69, 9.17) is 5.26 Å². The molecule has 0 saturated heterocycles. The van der Waals surface area contributed by atoms with Crippen LogP contribution in [-0.4, -0.2) is 20.6 Å². The summed E-state index contributed by atoms with van der Waals surface area (Å²) in [4.78, 5) is 16.7. The van der Waals surface area contributed by atoms with Crippen LogP contribution in [-0.2, 0) is 6.54 Å². The summed E-state index contributed by atoms with van der Waals surface area (Å²) in [7, 11) is 0. The molecule has 2 aromatic heterocycles. The van der Waals surface area contributed by atoms with Gasteiger partial charge in [-0.25, -0.2) is 9.50 Å². The standard InChI is InChI=1S/C18H23N5O/c19-10-13-11-21-23-16(24)9-14(22-17(13)23)12-20-15-5-4-8-18(15)6-2-1-3-7-18/h9,11,15,20-21H,1-8,12H2. The third kappa shape index (κ3) is 2.53. The number of fused-ring (bicyclic) bond motifs is 1. The summed E-state index contributed by atoms with van der Waals surface area (Å²) in [5, 5.41) is 15.6. The fourth-order valence-corrected chi connectivity index (χ4v) is 4.74. The number of hydrogen-bond acceptors (Lipinski definition) is 4. The van der Waals surface area contributed by atoms with E-state index in [1.165, 1.54) is 62.1 Å². The number of nitrogens with one attached hydrogen (secondary N) is 2. The monoisotopic (exact) mass is 325 g/mol. The van der Waals surface area contributed by atoms with Gasteiger partial charge in [-0.1, -0.05) is 25.7 Å². The maximum Gasteiger partial charge on any atom is 0.272 e. The Morgan fingerprint density at radius 3 is 2.92 bits per heavy atom. The SMILES string of the molecule is N#Cc1c[nH]n2c(=O)cc(CNC3CCCC34CCCCC4)nc12. The lowest BCUT2D eigenvalue weighted by Gasteiger charge is -2.39. The maximum atomic E-state index is 12.2. The van der Waals surface area contributed by atoms with Gasteiger partial charge in [-0.2, -0.15) is 5.26 Å². The quantitative estimate of drug-likeness (QED) is 0.908. The molecule has 1 unspecified atom stereocenters. The minimum absolute atomic E-state index is 0.169. The second-order valence-corrected chi connectivity index (χ2v) is 7.29. The number of nitriles is 1. The number of hydrogen-bond donors (Lipinski definition) is 2. The van der Waals surface area contributed by atoms with Crippen molar-refractivity contribution in [1.29, 1.82) is 5.26 Å². The molecule has 6 heteroatoms. The number of rotatable bonds is 3. The van der Waals surface area contributed by atoms with Gasteiger partial charge >= 0.3 is 0 Å². The van der Waals surface area contributed by atoms with Gasteiger partial charge in [0.2, 0.25) is 0 Å². The van der Waals surface area contributed by atoms with Gasteiger partial charge in [-0.15, -0.1) is 0 Å². The van der Waals surface area contributed by atoms with Gasteiger partial charge < -0.3 is 5.32 Å². The van der Waals surface area contributed by atoms with Crippen molar-refractivity contribution < 1.29 is 0 Å². The van der Waals surface area contributed by atoms with E-state index in [-0.39, 0.29) is 5.56 Å². The molecule has 1 atom stereocenters. The third-order valence-electron chi connectivity index (χ3n) is 5.96. The molecule has 24 heavy (non-hydrogen) atoms. The van der Waals surface area contributed by atoms with E-state index in [1.54, 1.807) is 6.07 Å². The number of H-pyrrole nitrogens is 1. The smallest absolute Gasteiger partial charge is 0.272 e. The molecular weight excluding hydrogens is 302 g/mol. The highest BCUT2D eigenvalue weighted by molar-refractivity contribution is 5.53. The van der Waals surface area contributed by atoms with Crippen LogP contribution in [0.15, 0.2) is 17.1 Å². The van der Waals surface area contributed by atoms with E-state index >= 15 is 0 Å². The second kappa shape index (κ2) is 6.06. The average molecular weight is 325 g/mol. The first-order valence-corrected chi connectivity index (χ1v) is 8.95. The van der Waals surface area contributed by atoms with Crippen LogP contribution in [0.1, 0.15) is 62.6 Å². The van der Waals surface area contributed by atoms with Crippen LogP contribution in [0.3, 0.4) is 0 Å². The fraction of sp³-hybridized carbons (Fsp3) is 0.611. The molecule has 0 aromatic carbocycles. The first-order chi connectivity index (χ1) is 11.7. The van der Waals surface area contributed by atoms with Crippen molar-refractivity contribution in [2.24, 2.45) is 5.41 Å². The predicted octanol–water partition coefficient (Wildman–Crippen LogP) is 2.49. The molecule has 6 nitrogen and oxygen atoms in total. The van der Waals surface area contributed by atoms with Gasteiger partial charge in [-0.05, 0) is 31.1 Å². The molecule has 0 bridgehead atoms. The van der Waals surface area contributed by atoms with Gasteiger partial charge in [0.25, 0.3) is 5.56 Å². The normalized spacial score (nSPS) is 22.9. The molecule has 2 aliphatic rings. The van der Waals surface area contributed by atoms with Crippen LogP contribution in [0, 0.1) is 16.7 Å². The van der Waals surface area contributed by atoms with Gasteiger partial charge in [0.05, 0.1) is 5.69 Å². The molecule has 1 spiro atoms. The van der Waals surface area contributed by atoms with E-state index < -0.39 is 0 Å². The molecule has 2 aromatic rings.